The van der Waals surface area contributed by atoms with E-state index < -0.39 is 0 Å². The first kappa shape index (κ1) is 11.4. The Labute approximate surface area is 112 Å². The van der Waals surface area contributed by atoms with Gasteiger partial charge in [-0.1, -0.05) is 0 Å². The Morgan fingerprint density at radius 3 is 3.11 bits per heavy atom. The number of aryl methyl sites for hydroxylation is 1. The number of halogens is 1. The van der Waals surface area contributed by atoms with E-state index in [1.54, 1.807) is 17.5 Å². The van der Waals surface area contributed by atoms with Crippen molar-refractivity contribution in [1.82, 2.24) is 20.2 Å². The van der Waals surface area contributed by atoms with E-state index in [1.807, 2.05) is 18.4 Å². The molecule has 0 fully saturated rings. The first-order valence-corrected chi connectivity index (χ1v) is 6.63. The molecule has 0 saturated carbocycles. The van der Waals surface area contributed by atoms with E-state index in [4.69, 9.17) is 11.6 Å². The van der Waals surface area contributed by atoms with Gasteiger partial charge in [0.1, 0.15) is 10.6 Å². The van der Waals surface area contributed by atoms with Crippen LogP contribution in [-0.2, 0) is 6.54 Å². The van der Waals surface area contributed by atoms with Gasteiger partial charge in [-0.15, -0.1) is 11.3 Å². The fourth-order valence-corrected chi connectivity index (χ4v) is 2.68. The lowest BCUT2D eigenvalue weighted by Crippen LogP contribution is -2.02. The summed E-state index contributed by atoms with van der Waals surface area (Å²) in [7, 11) is 0. The average molecular weight is 280 g/mol. The number of hydrogen-bond acceptors (Lipinski definition) is 5. The molecule has 0 saturated heterocycles. The number of aromatic nitrogens is 4. The van der Waals surface area contributed by atoms with E-state index in [9.17, 15) is 0 Å². The van der Waals surface area contributed by atoms with E-state index >= 15 is 0 Å². The van der Waals surface area contributed by atoms with Gasteiger partial charge in [-0.3, -0.25) is 5.10 Å². The molecule has 0 aromatic carbocycles. The molecule has 0 aliphatic heterocycles. The molecule has 3 rings (SSSR count). The Bertz CT molecular complexity index is 690. The summed E-state index contributed by atoms with van der Waals surface area (Å²) in [5.41, 5.74) is 2.15. The summed E-state index contributed by atoms with van der Waals surface area (Å²) >= 11 is 7.45. The third kappa shape index (κ3) is 2.04. The monoisotopic (exact) mass is 279 g/mol. The molecule has 2 N–H and O–H groups in total. The third-order valence-electron chi connectivity index (χ3n) is 2.68. The number of thiophene rings is 1. The molecule has 0 aliphatic carbocycles. The SMILES string of the molecule is Cc1[nH]ncc1CNc1nc(Cl)nc2sccc12. The Hall–Kier alpha value is -1.66. The van der Waals surface area contributed by atoms with Gasteiger partial charge in [0.05, 0.1) is 11.6 Å². The summed E-state index contributed by atoms with van der Waals surface area (Å²) in [6.45, 7) is 2.64. The number of H-pyrrole nitrogens is 1. The minimum Gasteiger partial charge on any atom is -0.365 e. The van der Waals surface area contributed by atoms with Crippen molar-refractivity contribution in [1.29, 1.82) is 0 Å². The normalized spacial score (nSPS) is 11.0. The number of aromatic amines is 1. The van der Waals surface area contributed by atoms with Crippen LogP contribution in [0.2, 0.25) is 5.28 Å². The van der Waals surface area contributed by atoms with Crippen molar-refractivity contribution in [3.8, 4) is 0 Å². The molecule has 0 atom stereocenters. The number of fused-ring (bicyclic) bond motifs is 1. The largest absolute Gasteiger partial charge is 0.365 e. The zero-order valence-electron chi connectivity index (χ0n) is 9.57. The molecular formula is C11H10ClN5S. The summed E-state index contributed by atoms with van der Waals surface area (Å²) in [6, 6.07) is 1.99. The van der Waals surface area contributed by atoms with Crippen LogP contribution in [0.1, 0.15) is 11.3 Å². The van der Waals surface area contributed by atoms with Gasteiger partial charge in [-0.05, 0) is 30.0 Å². The predicted octanol–water partition coefficient (Wildman–Crippen LogP) is 2.99. The molecule has 3 aromatic rings. The quantitative estimate of drug-likeness (QED) is 0.723. The van der Waals surface area contributed by atoms with Gasteiger partial charge in [0.25, 0.3) is 0 Å². The smallest absolute Gasteiger partial charge is 0.225 e. The van der Waals surface area contributed by atoms with Crippen molar-refractivity contribution >= 4 is 39.0 Å². The number of hydrogen-bond donors (Lipinski definition) is 2. The Morgan fingerprint density at radius 2 is 2.33 bits per heavy atom. The lowest BCUT2D eigenvalue weighted by atomic mass is 10.2. The first-order valence-electron chi connectivity index (χ1n) is 5.37. The molecule has 92 valence electrons. The van der Waals surface area contributed by atoms with Crippen LogP contribution in [0.4, 0.5) is 5.82 Å². The molecule has 0 amide bonds. The zero-order chi connectivity index (χ0) is 12.5. The summed E-state index contributed by atoms with van der Waals surface area (Å²) in [6.07, 6.45) is 1.80. The Kier molecular flexibility index (Phi) is 2.89. The Morgan fingerprint density at radius 1 is 1.44 bits per heavy atom. The molecule has 0 radical (unpaired) electrons. The predicted molar refractivity (Wildman–Crippen MR) is 73.1 cm³/mol. The van der Waals surface area contributed by atoms with Crippen molar-refractivity contribution in [2.75, 3.05) is 5.32 Å². The molecule has 7 heteroatoms. The van der Waals surface area contributed by atoms with Crippen molar-refractivity contribution in [2.24, 2.45) is 0 Å². The van der Waals surface area contributed by atoms with Crippen molar-refractivity contribution in [3.05, 3.63) is 34.2 Å². The third-order valence-corrected chi connectivity index (χ3v) is 3.65. The highest BCUT2D eigenvalue weighted by Gasteiger charge is 2.08. The summed E-state index contributed by atoms with van der Waals surface area (Å²) in [5.74, 6) is 0.756. The van der Waals surface area contributed by atoms with Gasteiger partial charge in [-0.25, -0.2) is 9.97 Å². The van der Waals surface area contributed by atoms with E-state index in [1.165, 1.54) is 0 Å². The van der Waals surface area contributed by atoms with Crippen LogP contribution in [-0.4, -0.2) is 20.2 Å². The Balaban J connectivity index is 1.90. The molecule has 0 spiro atoms. The van der Waals surface area contributed by atoms with E-state index in [0.717, 1.165) is 27.3 Å². The van der Waals surface area contributed by atoms with Gasteiger partial charge in [0.2, 0.25) is 5.28 Å². The maximum Gasteiger partial charge on any atom is 0.225 e. The van der Waals surface area contributed by atoms with Crippen LogP contribution in [0, 0.1) is 6.92 Å². The lowest BCUT2D eigenvalue weighted by molar-refractivity contribution is 1.04. The van der Waals surface area contributed by atoms with Crippen LogP contribution >= 0.6 is 22.9 Å². The number of nitrogens with one attached hydrogen (secondary N) is 2. The second-order valence-electron chi connectivity index (χ2n) is 3.85. The van der Waals surface area contributed by atoms with Crippen molar-refractivity contribution < 1.29 is 0 Å². The van der Waals surface area contributed by atoms with Gasteiger partial charge in [-0.2, -0.15) is 5.10 Å². The van der Waals surface area contributed by atoms with Crippen LogP contribution in [0.25, 0.3) is 10.2 Å². The van der Waals surface area contributed by atoms with Crippen LogP contribution in [0.3, 0.4) is 0 Å². The molecule has 0 unspecified atom stereocenters. The second kappa shape index (κ2) is 4.55. The van der Waals surface area contributed by atoms with Gasteiger partial charge >= 0.3 is 0 Å². The molecule has 0 aliphatic rings. The van der Waals surface area contributed by atoms with Crippen molar-refractivity contribution in [3.63, 3.8) is 0 Å². The van der Waals surface area contributed by atoms with E-state index in [2.05, 4.69) is 25.5 Å². The van der Waals surface area contributed by atoms with Crippen LogP contribution in [0.15, 0.2) is 17.6 Å². The summed E-state index contributed by atoms with van der Waals surface area (Å²) < 4.78 is 0. The minimum atomic E-state index is 0.261. The highest BCUT2D eigenvalue weighted by atomic mass is 35.5. The van der Waals surface area contributed by atoms with Gasteiger partial charge < -0.3 is 5.32 Å². The second-order valence-corrected chi connectivity index (χ2v) is 5.09. The maximum atomic E-state index is 5.90. The maximum absolute atomic E-state index is 5.90. The van der Waals surface area contributed by atoms with E-state index in [0.29, 0.717) is 6.54 Å². The van der Waals surface area contributed by atoms with Crippen LogP contribution in [0.5, 0.6) is 0 Å². The highest BCUT2D eigenvalue weighted by molar-refractivity contribution is 7.16. The van der Waals surface area contributed by atoms with Crippen molar-refractivity contribution in [2.45, 2.75) is 13.5 Å². The lowest BCUT2D eigenvalue weighted by Gasteiger charge is -2.06. The molecule has 3 heterocycles. The standard InChI is InChI=1S/C11H10ClN5S/c1-6-7(5-14-17-6)4-13-9-8-2-3-18-10(8)16-11(12)15-9/h2-3,5H,4H2,1H3,(H,14,17)(H,13,15,16). The molecule has 18 heavy (non-hydrogen) atoms. The number of anilines is 1. The fourth-order valence-electron chi connectivity index (χ4n) is 1.70. The van der Waals surface area contributed by atoms with E-state index in [-0.39, 0.29) is 5.28 Å². The minimum absolute atomic E-state index is 0.261. The highest BCUT2D eigenvalue weighted by Crippen LogP contribution is 2.26. The molecular weight excluding hydrogens is 270 g/mol. The number of rotatable bonds is 3. The van der Waals surface area contributed by atoms with Gasteiger partial charge in [0.15, 0.2) is 0 Å². The molecule has 3 aromatic heterocycles. The van der Waals surface area contributed by atoms with Gasteiger partial charge in [0, 0.05) is 17.8 Å². The van der Waals surface area contributed by atoms with Crippen LogP contribution < -0.4 is 5.32 Å². The zero-order valence-corrected chi connectivity index (χ0v) is 11.1. The fraction of sp³-hybridized carbons (Fsp3) is 0.182. The summed E-state index contributed by atoms with van der Waals surface area (Å²) in [5, 5.41) is 13.4. The average Bonchev–Trinajstić information content (AvgIpc) is 2.94. The summed E-state index contributed by atoms with van der Waals surface area (Å²) in [4.78, 5) is 9.29. The number of nitrogens with zero attached hydrogens (tertiary/aromatic N) is 3. The molecule has 0 bridgehead atoms. The topological polar surface area (TPSA) is 66.5 Å². The molecule has 5 nitrogen and oxygen atoms in total. The first-order chi connectivity index (χ1) is 8.74.